The first kappa shape index (κ1) is 19.0. The van der Waals surface area contributed by atoms with Crippen molar-refractivity contribution in [2.75, 3.05) is 5.32 Å². The lowest BCUT2D eigenvalue weighted by Gasteiger charge is -2.32. The predicted octanol–water partition coefficient (Wildman–Crippen LogP) is 5.05. The average Bonchev–Trinajstić information content (AvgIpc) is 3.08. The minimum Gasteiger partial charge on any atom is -0.356 e. The molecule has 0 bridgehead atoms. The maximum Gasteiger partial charge on any atom is 0.322 e. The number of hydrogen-bond donors (Lipinski definition) is 1. The van der Waals surface area contributed by atoms with Crippen molar-refractivity contribution in [3.8, 4) is 11.3 Å². The van der Waals surface area contributed by atoms with Crippen molar-refractivity contribution in [3.05, 3.63) is 70.7 Å². The van der Waals surface area contributed by atoms with Crippen molar-refractivity contribution in [2.24, 2.45) is 0 Å². The SMILES string of the molecule is Cc1cc(NC(=O)N2Cc3c(noc3-c3ccc(F)cc3)C[C@@H]2C)cc(F)c1F. The summed E-state index contributed by atoms with van der Waals surface area (Å²) in [7, 11) is 0. The zero-order valence-corrected chi connectivity index (χ0v) is 15.8. The predicted molar refractivity (Wildman–Crippen MR) is 101 cm³/mol. The average molecular weight is 401 g/mol. The second-order valence-electron chi connectivity index (χ2n) is 7.14. The fraction of sp³-hybridized carbons (Fsp3) is 0.238. The quantitative estimate of drug-likeness (QED) is 0.654. The smallest absolute Gasteiger partial charge is 0.322 e. The highest BCUT2D eigenvalue weighted by Crippen LogP contribution is 2.33. The molecule has 0 spiro atoms. The Morgan fingerprint density at radius 3 is 2.62 bits per heavy atom. The molecule has 0 aliphatic carbocycles. The lowest BCUT2D eigenvalue weighted by Crippen LogP contribution is -2.44. The van der Waals surface area contributed by atoms with E-state index < -0.39 is 17.7 Å². The summed E-state index contributed by atoms with van der Waals surface area (Å²) in [5.74, 6) is -1.84. The van der Waals surface area contributed by atoms with Crippen molar-refractivity contribution in [1.82, 2.24) is 10.1 Å². The topological polar surface area (TPSA) is 58.4 Å². The molecule has 1 atom stereocenters. The second-order valence-corrected chi connectivity index (χ2v) is 7.14. The van der Waals surface area contributed by atoms with Crippen LogP contribution in [0.4, 0.5) is 23.7 Å². The molecule has 4 rings (SSSR count). The van der Waals surface area contributed by atoms with Crippen LogP contribution in [0.2, 0.25) is 0 Å². The molecule has 0 fully saturated rings. The monoisotopic (exact) mass is 401 g/mol. The molecule has 0 radical (unpaired) electrons. The number of aryl methyl sites for hydroxylation is 1. The van der Waals surface area contributed by atoms with Crippen molar-refractivity contribution < 1.29 is 22.5 Å². The normalized spacial score (nSPS) is 15.9. The summed E-state index contributed by atoms with van der Waals surface area (Å²) in [5.41, 5.74) is 2.42. The van der Waals surface area contributed by atoms with Gasteiger partial charge in [0.2, 0.25) is 0 Å². The molecule has 3 aromatic rings. The van der Waals surface area contributed by atoms with Gasteiger partial charge in [-0.15, -0.1) is 0 Å². The molecule has 1 aliphatic rings. The van der Waals surface area contributed by atoms with E-state index in [-0.39, 0.29) is 29.7 Å². The van der Waals surface area contributed by atoms with Crippen LogP contribution < -0.4 is 5.32 Å². The van der Waals surface area contributed by atoms with Gasteiger partial charge < -0.3 is 14.7 Å². The molecule has 29 heavy (non-hydrogen) atoms. The first-order valence-electron chi connectivity index (χ1n) is 9.10. The van der Waals surface area contributed by atoms with Crippen molar-refractivity contribution in [1.29, 1.82) is 0 Å². The molecule has 1 N–H and O–H groups in total. The number of aromatic nitrogens is 1. The number of nitrogens with one attached hydrogen (secondary N) is 1. The third kappa shape index (κ3) is 3.57. The van der Waals surface area contributed by atoms with E-state index in [4.69, 9.17) is 4.52 Å². The number of carbonyl (C=O) groups excluding carboxylic acids is 1. The second kappa shape index (κ2) is 7.27. The summed E-state index contributed by atoms with van der Waals surface area (Å²) in [4.78, 5) is 14.4. The number of carbonyl (C=O) groups is 1. The van der Waals surface area contributed by atoms with E-state index in [1.807, 2.05) is 6.92 Å². The number of hydrogen-bond acceptors (Lipinski definition) is 3. The van der Waals surface area contributed by atoms with Gasteiger partial charge in [0, 0.05) is 35.3 Å². The number of amides is 2. The third-order valence-electron chi connectivity index (χ3n) is 5.05. The number of rotatable bonds is 2. The van der Waals surface area contributed by atoms with Crippen molar-refractivity contribution in [2.45, 2.75) is 32.9 Å². The maximum atomic E-state index is 13.6. The largest absolute Gasteiger partial charge is 0.356 e. The van der Waals surface area contributed by atoms with Gasteiger partial charge in [-0.25, -0.2) is 18.0 Å². The van der Waals surface area contributed by atoms with Crippen LogP contribution in [0.25, 0.3) is 11.3 Å². The van der Waals surface area contributed by atoms with Crippen LogP contribution in [0, 0.1) is 24.4 Å². The third-order valence-corrected chi connectivity index (χ3v) is 5.05. The Morgan fingerprint density at radius 2 is 1.93 bits per heavy atom. The summed E-state index contributed by atoms with van der Waals surface area (Å²) < 4.78 is 45.8. The standard InChI is InChI=1S/C21H18F3N3O2/c1-11-7-15(9-17(23)19(11)24)25-21(28)27-10-16-18(8-12(27)2)26-29-20(16)13-3-5-14(22)6-4-13/h3-7,9,12H,8,10H2,1-2H3,(H,25,28)/t12-/m0/s1. The molecule has 0 saturated carbocycles. The lowest BCUT2D eigenvalue weighted by molar-refractivity contribution is 0.182. The van der Waals surface area contributed by atoms with Gasteiger partial charge in [-0.1, -0.05) is 5.16 Å². The van der Waals surface area contributed by atoms with Crippen LogP contribution in [0.15, 0.2) is 40.9 Å². The maximum absolute atomic E-state index is 13.6. The molecule has 8 heteroatoms. The number of fused-ring (bicyclic) bond motifs is 1. The number of urea groups is 1. The van der Waals surface area contributed by atoms with Crippen LogP contribution in [0.3, 0.4) is 0 Å². The van der Waals surface area contributed by atoms with E-state index in [2.05, 4.69) is 10.5 Å². The summed E-state index contributed by atoms with van der Waals surface area (Å²) >= 11 is 0. The molecule has 150 valence electrons. The Hall–Kier alpha value is -3.29. The van der Waals surface area contributed by atoms with E-state index in [9.17, 15) is 18.0 Å². The van der Waals surface area contributed by atoms with Gasteiger partial charge in [0.05, 0.1) is 12.2 Å². The van der Waals surface area contributed by atoms with Crippen LogP contribution in [-0.4, -0.2) is 22.1 Å². The number of nitrogens with zero attached hydrogens (tertiary/aromatic N) is 2. The molecule has 0 saturated heterocycles. The summed E-state index contributed by atoms with van der Waals surface area (Å²) in [6.07, 6.45) is 0.476. The molecule has 0 unspecified atom stereocenters. The number of anilines is 1. The van der Waals surface area contributed by atoms with Gasteiger partial charge in [-0.3, -0.25) is 0 Å². The molecular formula is C21H18F3N3O2. The molecule has 1 aromatic heterocycles. The van der Waals surface area contributed by atoms with Gasteiger partial charge in [-0.05, 0) is 49.7 Å². The fourth-order valence-electron chi connectivity index (χ4n) is 3.48. The molecule has 5 nitrogen and oxygen atoms in total. The van der Waals surface area contributed by atoms with Gasteiger partial charge in [0.25, 0.3) is 0 Å². The number of halogens is 3. The Morgan fingerprint density at radius 1 is 1.21 bits per heavy atom. The van der Waals surface area contributed by atoms with Crippen molar-refractivity contribution in [3.63, 3.8) is 0 Å². The minimum absolute atomic E-state index is 0.104. The molecular weight excluding hydrogens is 383 g/mol. The summed E-state index contributed by atoms with van der Waals surface area (Å²) in [6.45, 7) is 3.52. The first-order chi connectivity index (χ1) is 13.8. The van der Waals surface area contributed by atoms with Crippen LogP contribution in [0.1, 0.15) is 23.7 Å². The van der Waals surface area contributed by atoms with E-state index >= 15 is 0 Å². The fourth-order valence-corrected chi connectivity index (χ4v) is 3.48. The highest BCUT2D eigenvalue weighted by Gasteiger charge is 2.32. The molecule has 2 aromatic carbocycles. The van der Waals surface area contributed by atoms with Crippen LogP contribution >= 0.6 is 0 Å². The molecule has 1 aliphatic heterocycles. The Kier molecular flexibility index (Phi) is 4.77. The highest BCUT2D eigenvalue weighted by molar-refractivity contribution is 5.90. The Bertz CT molecular complexity index is 1060. The molecule has 2 heterocycles. The van der Waals surface area contributed by atoms with Gasteiger partial charge >= 0.3 is 6.03 Å². The first-order valence-corrected chi connectivity index (χ1v) is 9.10. The summed E-state index contributed by atoms with van der Waals surface area (Å²) in [6, 6.07) is 7.52. The van der Waals surface area contributed by atoms with Gasteiger partial charge in [0.1, 0.15) is 5.82 Å². The Labute approximate surface area is 165 Å². The number of benzene rings is 2. The van der Waals surface area contributed by atoms with E-state index in [0.29, 0.717) is 17.7 Å². The highest BCUT2D eigenvalue weighted by atomic mass is 19.2. The minimum atomic E-state index is -1.02. The van der Waals surface area contributed by atoms with Crippen molar-refractivity contribution >= 4 is 11.7 Å². The molecule has 2 amide bonds. The van der Waals surface area contributed by atoms with E-state index in [1.54, 1.807) is 17.0 Å². The lowest BCUT2D eigenvalue weighted by atomic mass is 9.97. The van der Waals surface area contributed by atoms with E-state index in [0.717, 1.165) is 17.3 Å². The van der Waals surface area contributed by atoms with E-state index in [1.165, 1.54) is 25.1 Å². The van der Waals surface area contributed by atoms with Crippen LogP contribution in [-0.2, 0) is 13.0 Å². The Balaban J connectivity index is 1.59. The van der Waals surface area contributed by atoms with Gasteiger partial charge in [-0.2, -0.15) is 0 Å². The van der Waals surface area contributed by atoms with Gasteiger partial charge in [0.15, 0.2) is 17.4 Å². The van der Waals surface area contributed by atoms with Crippen LogP contribution in [0.5, 0.6) is 0 Å². The summed E-state index contributed by atoms with van der Waals surface area (Å²) in [5, 5.41) is 6.72. The zero-order valence-electron chi connectivity index (χ0n) is 15.8. The zero-order chi connectivity index (χ0) is 20.7.